The van der Waals surface area contributed by atoms with Crippen LogP contribution >= 0.6 is 0 Å². The Morgan fingerprint density at radius 2 is 1.78 bits per heavy atom. The van der Waals surface area contributed by atoms with Gasteiger partial charge in [-0.15, -0.1) is 0 Å². The molecule has 0 saturated carbocycles. The third-order valence-corrected chi connectivity index (χ3v) is 3.44. The number of benzene rings is 2. The molecule has 18 heavy (non-hydrogen) atoms. The van der Waals surface area contributed by atoms with Crippen molar-refractivity contribution in [2.45, 2.75) is 4.90 Å². The van der Waals surface area contributed by atoms with Crippen LogP contribution in [0.5, 0.6) is 5.75 Å². The summed E-state index contributed by atoms with van der Waals surface area (Å²) in [5.74, 6) is -1.35. The van der Waals surface area contributed by atoms with Crippen molar-refractivity contribution in [1.29, 1.82) is 0 Å². The van der Waals surface area contributed by atoms with Crippen LogP contribution in [0.1, 0.15) is 10.4 Å². The normalized spacial score (nSPS) is 11.6. The number of sulfonamides is 1. The lowest BCUT2D eigenvalue weighted by atomic mass is 10.0. The van der Waals surface area contributed by atoms with Crippen molar-refractivity contribution < 1.29 is 18.3 Å². The molecule has 0 unspecified atom stereocenters. The molecule has 0 heterocycles. The fraction of sp³-hybridized carbons (Fsp3) is 0. The zero-order chi connectivity index (χ0) is 13.5. The Morgan fingerprint density at radius 1 is 1.11 bits per heavy atom. The summed E-state index contributed by atoms with van der Waals surface area (Å²) in [6, 6.07) is 6.44. The van der Waals surface area contributed by atoms with Crippen LogP contribution in [-0.2, 0) is 15.1 Å². The maximum absolute atomic E-state index is 11.5. The van der Waals surface area contributed by atoms with Gasteiger partial charge in [-0.1, -0.05) is 12.1 Å². The number of hydrogen-bond donors (Lipinski definition) is 2. The molecule has 0 aliphatic carbocycles. The number of amides is 1. The molecule has 1 radical (unpaired) electrons. The molecule has 7 heteroatoms. The third kappa shape index (κ3) is 2.01. The molecular weight excluding hydrogens is 256 g/mol. The fourth-order valence-electron chi connectivity index (χ4n) is 1.72. The number of primary amides is 1. The van der Waals surface area contributed by atoms with E-state index in [4.69, 9.17) is 10.9 Å². The first-order valence-electron chi connectivity index (χ1n) is 4.87. The predicted octanol–water partition coefficient (Wildman–Crippen LogP) is 0.730. The van der Waals surface area contributed by atoms with Gasteiger partial charge >= 0.3 is 0 Å². The van der Waals surface area contributed by atoms with Gasteiger partial charge in [-0.05, 0) is 29.0 Å². The van der Waals surface area contributed by atoms with Gasteiger partial charge in [0.15, 0.2) is 5.75 Å². The van der Waals surface area contributed by atoms with Crippen molar-refractivity contribution in [2.75, 3.05) is 0 Å². The monoisotopic (exact) mass is 265 g/mol. The lowest BCUT2D eigenvalue weighted by Crippen LogP contribution is -2.13. The van der Waals surface area contributed by atoms with Crippen LogP contribution < -0.4 is 10.9 Å². The molecule has 0 atom stereocenters. The Bertz CT molecular complexity index is 753. The summed E-state index contributed by atoms with van der Waals surface area (Å²) in [6.07, 6.45) is 0. The molecule has 0 spiro atoms. The van der Waals surface area contributed by atoms with E-state index in [-0.39, 0.29) is 10.5 Å². The number of nitrogens with two attached hydrogens (primary N) is 2. The number of fused-ring (bicyclic) bond motifs is 1. The molecule has 2 aromatic carbocycles. The highest BCUT2D eigenvalue weighted by Gasteiger charge is 2.15. The van der Waals surface area contributed by atoms with Crippen molar-refractivity contribution in [2.24, 2.45) is 10.9 Å². The molecule has 0 aliphatic rings. The van der Waals surface area contributed by atoms with Gasteiger partial charge in [0.05, 0.1) is 10.5 Å². The number of carbonyl (C=O) groups excluding carboxylic acids is 1. The first-order chi connectivity index (χ1) is 8.30. The van der Waals surface area contributed by atoms with E-state index in [1.807, 2.05) is 0 Å². The Morgan fingerprint density at radius 3 is 2.33 bits per heavy atom. The standard InChI is InChI=1S/C11H9N2O4S/c12-11(15)10-8-3-2-7(18(13,16)17)5-6(8)1-4-9(10)14/h1-5H,(H2,12,15)(H2,13,16,17). The number of rotatable bonds is 2. The van der Waals surface area contributed by atoms with E-state index in [0.29, 0.717) is 10.8 Å². The fourth-order valence-corrected chi connectivity index (χ4v) is 2.27. The minimum Gasteiger partial charge on any atom is -0.365 e. The highest BCUT2D eigenvalue weighted by atomic mass is 32.2. The largest absolute Gasteiger partial charge is 0.365 e. The van der Waals surface area contributed by atoms with Crippen molar-refractivity contribution in [3.63, 3.8) is 0 Å². The van der Waals surface area contributed by atoms with E-state index >= 15 is 0 Å². The van der Waals surface area contributed by atoms with Gasteiger partial charge in [0.2, 0.25) is 10.0 Å². The molecule has 0 aliphatic heterocycles. The Labute approximate surface area is 103 Å². The molecule has 2 aromatic rings. The van der Waals surface area contributed by atoms with E-state index in [1.54, 1.807) is 0 Å². The summed E-state index contributed by atoms with van der Waals surface area (Å²) in [7, 11) is -3.83. The minimum atomic E-state index is -3.83. The zero-order valence-corrected chi connectivity index (χ0v) is 9.90. The minimum absolute atomic E-state index is 0.0935. The van der Waals surface area contributed by atoms with Crippen LogP contribution in [0.2, 0.25) is 0 Å². The van der Waals surface area contributed by atoms with Crippen LogP contribution in [0.3, 0.4) is 0 Å². The van der Waals surface area contributed by atoms with E-state index in [2.05, 4.69) is 0 Å². The van der Waals surface area contributed by atoms with Crippen molar-refractivity contribution in [1.82, 2.24) is 0 Å². The van der Waals surface area contributed by atoms with Gasteiger partial charge in [-0.3, -0.25) is 9.90 Å². The Balaban J connectivity index is 2.84. The van der Waals surface area contributed by atoms with Gasteiger partial charge in [0, 0.05) is 0 Å². The molecule has 4 N–H and O–H groups in total. The summed E-state index contributed by atoms with van der Waals surface area (Å²) in [6.45, 7) is 0. The zero-order valence-electron chi connectivity index (χ0n) is 9.08. The summed E-state index contributed by atoms with van der Waals surface area (Å²) in [4.78, 5) is 11.1. The van der Waals surface area contributed by atoms with Gasteiger partial charge < -0.3 is 5.73 Å². The highest BCUT2D eigenvalue weighted by molar-refractivity contribution is 7.89. The average molecular weight is 265 g/mol. The molecule has 93 valence electrons. The molecule has 0 saturated heterocycles. The number of carbonyl (C=O) groups is 1. The maximum atomic E-state index is 11.5. The van der Waals surface area contributed by atoms with E-state index in [1.165, 1.54) is 24.3 Å². The van der Waals surface area contributed by atoms with Gasteiger partial charge in [-0.25, -0.2) is 13.6 Å². The number of primary sulfonamides is 1. The Hall–Kier alpha value is -2.12. The molecule has 0 fully saturated rings. The SMILES string of the molecule is NC(=O)c1c([O])ccc2cc(S(N)(=O)=O)ccc12. The average Bonchev–Trinajstić information content (AvgIpc) is 2.26. The lowest BCUT2D eigenvalue weighted by molar-refractivity contribution is 0.0998. The quantitative estimate of drug-likeness (QED) is 0.831. The number of hydrogen-bond acceptors (Lipinski definition) is 3. The van der Waals surface area contributed by atoms with Crippen molar-refractivity contribution in [3.05, 3.63) is 35.9 Å². The summed E-state index contributed by atoms with van der Waals surface area (Å²) >= 11 is 0. The Kier molecular flexibility index (Phi) is 2.72. The molecule has 1 amide bonds. The van der Waals surface area contributed by atoms with Crippen molar-refractivity contribution in [3.8, 4) is 5.75 Å². The molecular formula is C11H9N2O4S. The third-order valence-electron chi connectivity index (χ3n) is 2.53. The van der Waals surface area contributed by atoms with Crippen molar-refractivity contribution >= 4 is 26.7 Å². The summed E-state index contributed by atoms with van der Waals surface area (Å²) in [5.41, 5.74) is 4.96. The first kappa shape index (κ1) is 12.3. The van der Waals surface area contributed by atoms with E-state index in [9.17, 15) is 18.3 Å². The second-order valence-corrected chi connectivity index (χ2v) is 5.29. The molecule has 2 rings (SSSR count). The topological polar surface area (TPSA) is 123 Å². The van der Waals surface area contributed by atoms with Gasteiger partial charge in [0.1, 0.15) is 0 Å². The predicted molar refractivity (Wildman–Crippen MR) is 64.0 cm³/mol. The van der Waals surface area contributed by atoms with E-state index < -0.39 is 21.7 Å². The maximum Gasteiger partial charge on any atom is 0.253 e. The highest BCUT2D eigenvalue weighted by Crippen LogP contribution is 2.28. The molecule has 6 nitrogen and oxygen atoms in total. The summed E-state index contributed by atoms with van der Waals surface area (Å²) in [5, 5.41) is 17.2. The van der Waals surface area contributed by atoms with Crippen LogP contribution in [0.4, 0.5) is 0 Å². The first-order valence-corrected chi connectivity index (χ1v) is 6.42. The van der Waals surface area contributed by atoms with Crippen LogP contribution in [-0.4, -0.2) is 14.3 Å². The van der Waals surface area contributed by atoms with Gasteiger partial charge in [0.25, 0.3) is 5.91 Å². The lowest BCUT2D eigenvalue weighted by Gasteiger charge is -2.05. The van der Waals surface area contributed by atoms with Crippen LogP contribution in [0.25, 0.3) is 10.8 Å². The second-order valence-electron chi connectivity index (χ2n) is 3.73. The van der Waals surface area contributed by atoms with E-state index in [0.717, 1.165) is 6.07 Å². The summed E-state index contributed by atoms with van der Waals surface area (Å²) < 4.78 is 22.4. The molecule has 0 bridgehead atoms. The van der Waals surface area contributed by atoms with Crippen LogP contribution in [0.15, 0.2) is 35.2 Å². The van der Waals surface area contributed by atoms with Crippen LogP contribution in [0, 0.1) is 0 Å². The second kappa shape index (κ2) is 3.97. The molecule has 0 aromatic heterocycles. The van der Waals surface area contributed by atoms with Gasteiger partial charge in [-0.2, -0.15) is 0 Å². The smallest absolute Gasteiger partial charge is 0.253 e.